The zero-order valence-corrected chi connectivity index (χ0v) is 14.8. The number of methoxy groups -OCH3 is 1. The van der Waals surface area contributed by atoms with Crippen molar-refractivity contribution in [3.05, 3.63) is 33.9 Å². The number of carboxylic acids is 1. The summed E-state index contributed by atoms with van der Waals surface area (Å²) in [5.74, 6) is -0.652. The first-order chi connectivity index (χ1) is 11.8. The van der Waals surface area contributed by atoms with Gasteiger partial charge in [-0.25, -0.2) is 0 Å². The number of thioether (sulfide) groups is 1. The number of aliphatic carboxylic acids is 1. The van der Waals surface area contributed by atoms with E-state index in [4.69, 9.17) is 9.84 Å². The maximum absolute atomic E-state index is 12.3. The molecular weight excluding hydrogens is 348 g/mol. The molecule has 1 amide bonds. The highest BCUT2D eigenvalue weighted by Crippen LogP contribution is 2.29. The van der Waals surface area contributed by atoms with E-state index < -0.39 is 16.8 Å². The van der Waals surface area contributed by atoms with Crippen molar-refractivity contribution in [1.82, 2.24) is 4.90 Å². The Kier molecular flexibility index (Phi) is 6.24. The van der Waals surface area contributed by atoms with Crippen molar-refractivity contribution in [3.63, 3.8) is 0 Å². The van der Waals surface area contributed by atoms with Crippen LogP contribution in [0.5, 0.6) is 5.75 Å². The minimum absolute atomic E-state index is 0.107. The van der Waals surface area contributed by atoms with Crippen LogP contribution in [0.4, 0.5) is 5.69 Å². The van der Waals surface area contributed by atoms with Crippen LogP contribution in [-0.4, -0.2) is 52.3 Å². The molecule has 0 saturated carbocycles. The van der Waals surface area contributed by atoms with Gasteiger partial charge in [0.2, 0.25) is 5.91 Å². The third-order valence-electron chi connectivity index (χ3n) is 4.33. The number of nitro groups is 1. The normalized spacial score (nSPS) is 19.7. The van der Waals surface area contributed by atoms with Crippen molar-refractivity contribution in [2.75, 3.05) is 19.4 Å². The quantitative estimate of drug-likeness (QED) is 0.580. The van der Waals surface area contributed by atoms with Gasteiger partial charge >= 0.3 is 11.7 Å². The molecule has 1 aliphatic rings. The summed E-state index contributed by atoms with van der Waals surface area (Å²) in [6.45, 7) is 2.20. The number of amides is 1. The van der Waals surface area contributed by atoms with E-state index in [0.717, 1.165) is 5.56 Å². The number of carbonyl (C=O) groups is 2. The van der Waals surface area contributed by atoms with Crippen LogP contribution >= 0.6 is 11.8 Å². The Hall–Kier alpha value is -2.29. The van der Waals surface area contributed by atoms with Crippen LogP contribution in [0.3, 0.4) is 0 Å². The van der Waals surface area contributed by atoms with Crippen LogP contribution < -0.4 is 4.74 Å². The van der Waals surface area contributed by atoms with Crippen molar-refractivity contribution in [1.29, 1.82) is 0 Å². The lowest BCUT2D eigenvalue weighted by Gasteiger charge is -2.23. The standard InChI is InChI=1S/C16H20N2O6S/c1-10-12(16(20)21)5-6-17(10)15(19)9-25-8-11-3-4-14(24-2)13(7-11)18(22)23/h3-4,7,10,12H,5-6,8-9H2,1-2H3,(H,20,21). The number of likely N-dealkylation sites (tertiary alicyclic amines) is 1. The predicted molar refractivity (Wildman–Crippen MR) is 92.7 cm³/mol. The van der Waals surface area contributed by atoms with E-state index in [1.54, 1.807) is 17.9 Å². The van der Waals surface area contributed by atoms with Crippen molar-refractivity contribution in [3.8, 4) is 5.75 Å². The van der Waals surface area contributed by atoms with E-state index in [1.807, 2.05) is 0 Å². The molecule has 1 N–H and O–H groups in total. The fourth-order valence-electron chi connectivity index (χ4n) is 2.93. The lowest BCUT2D eigenvalue weighted by molar-refractivity contribution is -0.385. The highest BCUT2D eigenvalue weighted by Gasteiger charge is 2.37. The fraction of sp³-hybridized carbons (Fsp3) is 0.500. The van der Waals surface area contributed by atoms with Crippen LogP contribution in [0.1, 0.15) is 18.9 Å². The molecule has 9 heteroatoms. The molecule has 2 unspecified atom stereocenters. The maximum Gasteiger partial charge on any atom is 0.311 e. The number of rotatable bonds is 7. The number of benzene rings is 1. The molecule has 1 heterocycles. The molecule has 1 aromatic carbocycles. The molecule has 1 fully saturated rings. The van der Waals surface area contributed by atoms with E-state index in [0.29, 0.717) is 18.7 Å². The first-order valence-corrected chi connectivity index (χ1v) is 8.92. The summed E-state index contributed by atoms with van der Waals surface area (Å²) in [5.41, 5.74) is 0.618. The molecule has 1 saturated heterocycles. The van der Waals surface area contributed by atoms with Gasteiger partial charge in [0.25, 0.3) is 0 Å². The van der Waals surface area contributed by atoms with Gasteiger partial charge in [-0.3, -0.25) is 19.7 Å². The van der Waals surface area contributed by atoms with Crippen molar-refractivity contribution in [2.45, 2.75) is 25.1 Å². The van der Waals surface area contributed by atoms with Crippen molar-refractivity contribution >= 4 is 29.3 Å². The highest BCUT2D eigenvalue weighted by atomic mass is 32.2. The number of nitro benzene ring substituents is 1. The van der Waals surface area contributed by atoms with Gasteiger partial charge in [0.15, 0.2) is 5.75 Å². The van der Waals surface area contributed by atoms with E-state index in [9.17, 15) is 19.7 Å². The summed E-state index contributed by atoms with van der Waals surface area (Å²) < 4.78 is 4.96. The molecule has 8 nitrogen and oxygen atoms in total. The van der Waals surface area contributed by atoms with Crippen molar-refractivity contribution < 1.29 is 24.4 Å². The molecule has 1 aromatic rings. The molecule has 2 atom stereocenters. The lowest BCUT2D eigenvalue weighted by atomic mass is 10.0. The number of hydrogen-bond donors (Lipinski definition) is 1. The van der Waals surface area contributed by atoms with Gasteiger partial charge < -0.3 is 14.7 Å². The number of nitrogens with zero attached hydrogens (tertiary/aromatic N) is 2. The topological polar surface area (TPSA) is 110 Å². The van der Waals surface area contributed by atoms with Gasteiger partial charge in [-0.1, -0.05) is 6.07 Å². The molecule has 0 radical (unpaired) electrons. The molecular formula is C16H20N2O6S. The molecule has 0 spiro atoms. The molecule has 25 heavy (non-hydrogen) atoms. The average Bonchev–Trinajstić information content (AvgIpc) is 2.96. The minimum atomic E-state index is -0.874. The third-order valence-corrected chi connectivity index (χ3v) is 5.32. The van der Waals surface area contributed by atoms with Gasteiger partial charge in [0, 0.05) is 24.4 Å². The van der Waals surface area contributed by atoms with E-state index in [1.165, 1.54) is 31.0 Å². The minimum Gasteiger partial charge on any atom is -0.490 e. The predicted octanol–water partition coefficient (Wildman–Crippen LogP) is 2.16. The van der Waals surface area contributed by atoms with Crippen LogP contribution in [0.2, 0.25) is 0 Å². The monoisotopic (exact) mass is 368 g/mol. The van der Waals surface area contributed by atoms with E-state index >= 15 is 0 Å². The van der Waals surface area contributed by atoms with E-state index in [2.05, 4.69) is 0 Å². The third kappa shape index (κ3) is 4.41. The van der Waals surface area contributed by atoms with Crippen molar-refractivity contribution in [2.24, 2.45) is 5.92 Å². The Morgan fingerprint density at radius 3 is 2.76 bits per heavy atom. The Balaban J connectivity index is 1.90. The lowest BCUT2D eigenvalue weighted by Crippen LogP contribution is -2.38. The number of hydrogen-bond acceptors (Lipinski definition) is 6. The summed E-state index contributed by atoms with van der Waals surface area (Å²) >= 11 is 1.34. The van der Waals surface area contributed by atoms with Gasteiger partial charge in [-0.2, -0.15) is 0 Å². The first kappa shape index (κ1) is 19.0. The second-order valence-electron chi connectivity index (χ2n) is 5.82. The summed E-state index contributed by atoms with van der Waals surface area (Å²) in [6, 6.07) is 4.39. The van der Waals surface area contributed by atoms with Crippen LogP contribution in [0.15, 0.2) is 18.2 Å². The van der Waals surface area contributed by atoms with E-state index in [-0.39, 0.29) is 29.1 Å². The highest BCUT2D eigenvalue weighted by molar-refractivity contribution is 7.99. The summed E-state index contributed by atoms with van der Waals surface area (Å²) in [5, 5.41) is 20.1. The fourth-order valence-corrected chi connectivity index (χ4v) is 3.79. The average molecular weight is 368 g/mol. The molecule has 0 bridgehead atoms. The SMILES string of the molecule is COc1ccc(CSCC(=O)N2CCC(C(=O)O)C2C)cc1[N+](=O)[O-]. The summed E-state index contributed by atoms with van der Waals surface area (Å²) in [7, 11) is 1.37. The van der Waals surface area contributed by atoms with Gasteiger partial charge in [0.1, 0.15) is 0 Å². The van der Waals surface area contributed by atoms with Gasteiger partial charge in [-0.15, -0.1) is 11.8 Å². The second-order valence-corrected chi connectivity index (χ2v) is 6.80. The smallest absolute Gasteiger partial charge is 0.311 e. The number of carbonyl (C=O) groups excluding carboxylic acids is 1. The second kappa shape index (κ2) is 8.19. The summed E-state index contributed by atoms with van der Waals surface area (Å²) in [4.78, 5) is 35.5. The molecule has 1 aliphatic heterocycles. The molecule has 2 rings (SSSR count). The largest absolute Gasteiger partial charge is 0.490 e. The van der Waals surface area contributed by atoms with Crippen LogP contribution in [0, 0.1) is 16.0 Å². The molecule has 0 aromatic heterocycles. The van der Waals surface area contributed by atoms with Gasteiger partial charge in [0.05, 0.1) is 23.7 Å². The zero-order valence-electron chi connectivity index (χ0n) is 14.0. The molecule has 136 valence electrons. The number of carboxylic acid groups (broad SMARTS) is 1. The maximum atomic E-state index is 12.3. The zero-order chi connectivity index (χ0) is 18.6. The Labute approximate surface area is 149 Å². The van der Waals surface area contributed by atoms with Gasteiger partial charge in [-0.05, 0) is 25.0 Å². The molecule has 0 aliphatic carbocycles. The van der Waals surface area contributed by atoms with Crippen LogP contribution in [0.25, 0.3) is 0 Å². The first-order valence-electron chi connectivity index (χ1n) is 7.76. The number of ether oxygens (including phenoxy) is 1. The Bertz CT molecular complexity index is 681. The summed E-state index contributed by atoms with van der Waals surface area (Å²) in [6.07, 6.45) is 0.470. The Morgan fingerprint density at radius 1 is 1.48 bits per heavy atom. The van der Waals surface area contributed by atoms with Crippen LogP contribution in [-0.2, 0) is 15.3 Å². The Morgan fingerprint density at radius 2 is 2.20 bits per heavy atom.